The first kappa shape index (κ1) is 12.3. The predicted octanol–water partition coefficient (Wildman–Crippen LogP) is 0.598. The van der Waals surface area contributed by atoms with Crippen LogP contribution >= 0.6 is 0 Å². The van der Waals surface area contributed by atoms with Crippen LogP contribution in [-0.4, -0.2) is 32.5 Å². The molecule has 2 heterocycles. The smallest absolute Gasteiger partial charge is 0.290 e. The summed E-state index contributed by atoms with van der Waals surface area (Å²) in [6, 6.07) is 6.12. The summed E-state index contributed by atoms with van der Waals surface area (Å²) in [4.78, 5) is 14.1. The summed E-state index contributed by atoms with van der Waals surface area (Å²) in [6.45, 7) is 0.0611. The van der Waals surface area contributed by atoms with Gasteiger partial charge in [-0.15, -0.1) is 0 Å². The van der Waals surface area contributed by atoms with Crippen molar-refractivity contribution in [1.82, 2.24) is 4.98 Å². The second-order valence-corrected chi connectivity index (χ2v) is 5.64. The zero-order chi connectivity index (χ0) is 14.8. The first-order valence-electron chi connectivity index (χ1n) is 6.61. The van der Waals surface area contributed by atoms with E-state index in [0.29, 0.717) is 17.0 Å². The number of aromatic amines is 1. The van der Waals surface area contributed by atoms with Gasteiger partial charge in [-0.3, -0.25) is 4.79 Å². The standard InChI is InChI=1S/C15H13NO5/c17-7-1-2-8-12(3-7)21-6-15(20)5-10-9(13(8)15)4-11(18)14(19)16-10/h1-4,13,17-18,20H,5-6H2,(H,16,19)/t13-,15+/m0/s1. The lowest BCUT2D eigenvalue weighted by Crippen LogP contribution is -2.43. The molecule has 1 aliphatic heterocycles. The van der Waals surface area contributed by atoms with Crippen LogP contribution in [0.2, 0.25) is 0 Å². The molecule has 2 atom stereocenters. The number of aromatic nitrogens is 1. The number of phenolic OH excluding ortho intramolecular Hbond substituents is 1. The molecule has 2 aliphatic rings. The quantitative estimate of drug-likeness (QED) is 0.568. The maximum absolute atomic E-state index is 11.5. The fraction of sp³-hybridized carbons (Fsp3) is 0.267. The van der Waals surface area contributed by atoms with Crippen molar-refractivity contribution in [2.45, 2.75) is 17.9 Å². The molecule has 4 N–H and O–H groups in total. The molecule has 6 nitrogen and oxygen atoms in total. The zero-order valence-corrected chi connectivity index (χ0v) is 11.0. The summed E-state index contributed by atoms with van der Waals surface area (Å²) in [7, 11) is 0. The van der Waals surface area contributed by atoms with E-state index in [1.54, 1.807) is 6.07 Å². The molecule has 0 fully saturated rings. The van der Waals surface area contributed by atoms with E-state index >= 15 is 0 Å². The van der Waals surface area contributed by atoms with Crippen LogP contribution in [0.4, 0.5) is 0 Å². The lowest BCUT2D eigenvalue weighted by atomic mass is 9.80. The second-order valence-electron chi connectivity index (χ2n) is 5.64. The van der Waals surface area contributed by atoms with Crippen LogP contribution in [-0.2, 0) is 6.42 Å². The molecule has 0 saturated heterocycles. The summed E-state index contributed by atoms with van der Waals surface area (Å²) in [5.74, 6) is -0.186. The Bertz CT molecular complexity index is 812. The van der Waals surface area contributed by atoms with Crippen molar-refractivity contribution >= 4 is 0 Å². The minimum absolute atomic E-state index is 0.0611. The number of hydrogen-bond acceptors (Lipinski definition) is 5. The van der Waals surface area contributed by atoms with Crippen LogP contribution in [0.1, 0.15) is 22.7 Å². The molecule has 1 aromatic heterocycles. The minimum atomic E-state index is -1.16. The van der Waals surface area contributed by atoms with Gasteiger partial charge in [-0.25, -0.2) is 0 Å². The van der Waals surface area contributed by atoms with Gasteiger partial charge in [-0.1, -0.05) is 6.07 Å². The molecule has 21 heavy (non-hydrogen) atoms. The van der Waals surface area contributed by atoms with E-state index in [9.17, 15) is 20.1 Å². The van der Waals surface area contributed by atoms with Gasteiger partial charge in [0.25, 0.3) is 5.56 Å². The Balaban J connectivity index is 1.97. The van der Waals surface area contributed by atoms with E-state index in [1.807, 2.05) is 0 Å². The molecule has 0 radical (unpaired) electrons. The molecule has 6 heteroatoms. The van der Waals surface area contributed by atoms with E-state index in [0.717, 1.165) is 5.56 Å². The van der Waals surface area contributed by atoms with Crippen LogP contribution < -0.4 is 10.3 Å². The first-order chi connectivity index (χ1) is 9.98. The van der Waals surface area contributed by atoms with E-state index in [-0.39, 0.29) is 24.5 Å². The van der Waals surface area contributed by atoms with Gasteiger partial charge in [0.2, 0.25) is 0 Å². The second kappa shape index (κ2) is 3.79. The number of pyridine rings is 1. The van der Waals surface area contributed by atoms with Crippen molar-refractivity contribution < 1.29 is 20.1 Å². The van der Waals surface area contributed by atoms with Crippen molar-refractivity contribution in [3.05, 3.63) is 51.4 Å². The third-order valence-corrected chi connectivity index (χ3v) is 4.25. The van der Waals surface area contributed by atoms with Crippen LogP contribution in [0.3, 0.4) is 0 Å². The van der Waals surface area contributed by atoms with Crippen molar-refractivity contribution in [1.29, 1.82) is 0 Å². The van der Waals surface area contributed by atoms with Crippen molar-refractivity contribution in [2.24, 2.45) is 0 Å². The molecule has 1 aliphatic carbocycles. The SMILES string of the molecule is O=c1[nH]c2c(cc1O)[C@@H]1c3ccc(O)cc3OC[C@]1(O)C2. The third kappa shape index (κ3) is 1.59. The number of H-pyrrole nitrogens is 1. The van der Waals surface area contributed by atoms with Gasteiger partial charge in [0, 0.05) is 29.7 Å². The number of aromatic hydroxyl groups is 2. The van der Waals surface area contributed by atoms with Crippen molar-refractivity contribution in [3.63, 3.8) is 0 Å². The van der Waals surface area contributed by atoms with Crippen LogP contribution in [0.25, 0.3) is 0 Å². The van der Waals surface area contributed by atoms with Crippen molar-refractivity contribution in [2.75, 3.05) is 6.61 Å². The highest BCUT2D eigenvalue weighted by molar-refractivity contribution is 5.54. The molecule has 108 valence electrons. The highest BCUT2D eigenvalue weighted by Gasteiger charge is 2.50. The monoisotopic (exact) mass is 287 g/mol. The van der Waals surface area contributed by atoms with Gasteiger partial charge in [-0.2, -0.15) is 0 Å². The van der Waals surface area contributed by atoms with Gasteiger partial charge in [0.15, 0.2) is 5.75 Å². The molecule has 0 amide bonds. The molecule has 4 rings (SSSR count). The molecule has 0 bridgehead atoms. The van der Waals surface area contributed by atoms with E-state index in [1.165, 1.54) is 18.2 Å². The predicted molar refractivity (Wildman–Crippen MR) is 72.8 cm³/mol. The molecule has 1 aromatic carbocycles. The fourth-order valence-corrected chi connectivity index (χ4v) is 3.36. The minimum Gasteiger partial charge on any atom is -0.508 e. The Hall–Kier alpha value is -2.47. The lowest BCUT2D eigenvalue weighted by molar-refractivity contribution is -0.0221. The molecular weight excluding hydrogens is 274 g/mol. The van der Waals surface area contributed by atoms with E-state index in [4.69, 9.17) is 4.74 Å². The number of phenols is 1. The molecule has 2 aromatic rings. The summed E-state index contributed by atoms with van der Waals surface area (Å²) in [6.07, 6.45) is 0.253. The van der Waals surface area contributed by atoms with Crippen molar-refractivity contribution in [3.8, 4) is 17.2 Å². The van der Waals surface area contributed by atoms with Crippen LogP contribution in [0.5, 0.6) is 17.2 Å². The largest absolute Gasteiger partial charge is 0.508 e. The Kier molecular flexibility index (Phi) is 2.22. The number of rotatable bonds is 0. The van der Waals surface area contributed by atoms with E-state index < -0.39 is 17.1 Å². The summed E-state index contributed by atoms with van der Waals surface area (Å²) >= 11 is 0. The number of fused-ring (bicyclic) bond motifs is 5. The maximum atomic E-state index is 11.5. The fourth-order valence-electron chi connectivity index (χ4n) is 3.36. The number of nitrogens with one attached hydrogen (secondary N) is 1. The van der Waals surface area contributed by atoms with Crippen LogP contribution in [0, 0.1) is 0 Å². The summed E-state index contributed by atoms with van der Waals surface area (Å²) < 4.78 is 5.55. The van der Waals surface area contributed by atoms with Gasteiger partial charge >= 0.3 is 0 Å². The number of ether oxygens (including phenoxy) is 1. The molecule has 0 unspecified atom stereocenters. The average molecular weight is 287 g/mol. The van der Waals surface area contributed by atoms with Gasteiger partial charge in [0.05, 0.1) is 0 Å². The number of hydrogen-bond donors (Lipinski definition) is 4. The molecular formula is C15H13NO5. The third-order valence-electron chi connectivity index (χ3n) is 4.25. The lowest BCUT2D eigenvalue weighted by Gasteiger charge is -2.36. The van der Waals surface area contributed by atoms with Crippen LogP contribution in [0.15, 0.2) is 29.1 Å². The highest BCUT2D eigenvalue weighted by Crippen LogP contribution is 2.50. The van der Waals surface area contributed by atoms with Gasteiger partial charge in [0.1, 0.15) is 23.7 Å². The Morgan fingerprint density at radius 3 is 2.86 bits per heavy atom. The summed E-state index contributed by atoms with van der Waals surface area (Å²) in [5, 5.41) is 30.0. The molecule has 0 spiro atoms. The van der Waals surface area contributed by atoms with E-state index in [2.05, 4.69) is 4.98 Å². The zero-order valence-electron chi connectivity index (χ0n) is 11.0. The maximum Gasteiger partial charge on any atom is 0.290 e. The first-order valence-corrected chi connectivity index (χ1v) is 6.61. The highest BCUT2D eigenvalue weighted by atomic mass is 16.5. The Morgan fingerprint density at radius 2 is 2.05 bits per heavy atom. The number of benzene rings is 1. The van der Waals surface area contributed by atoms with Gasteiger partial charge < -0.3 is 25.0 Å². The topological polar surface area (TPSA) is 103 Å². The Labute approximate surface area is 119 Å². The molecule has 0 saturated carbocycles. The Morgan fingerprint density at radius 1 is 1.24 bits per heavy atom. The number of aliphatic hydroxyl groups is 1. The van der Waals surface area contributed by atoms with Gasteiger partial charge in [-0.05, 0) is 17.7 Å². The summed E-state index contributed by atoms with van der Waals surface area (Å²) in [5.41, 5.74) is 0.289. The average Bonchev–Trinajstić information content (AvgIpc) is 2.71. The normalized spacial score (nSPS) is 25.7.